The van der Waals surface area contributed by atoms with E-state index < -0.39 is 9.84 Å². The Kier molecular flexibility index (Phi) is 4.54. The number of sulfone groups is 1. The van der Waals surface area contributed by atoms with Gasteiger partial charge in [-0.3, -0.25) is 14.7 Å². The number of nitrogens with zero attached hydrogens (tertiary/aromatic N) is 3. The van der Waals surface area contributed by atoms with E-state index >= 15 is 0 Å². The summed E-state index contributed by atoms with van der Waals surface area (Å²) in [7, 11) is -3.09. The normalized spacial score (nSPS) is 29.7. The summed E-state index contributed by atoms with van der Waals surface area (Å²) in [6.07, 6.45) is 7.67. The minimum Gasteiger partial charge on any atom is -0.336 e. The minimum atomic E-state index is -3.09. The molecule has 0 aromatic carbocycles. The molecule has 1 aromatic heterocycles. The lowest BCUT2D eigenvalue weighted by atomic mass is 9.99. The molecule has 4 rings (SSSR count). The molecule has 0 spiro atoms. The molecular formula is C18H25N3O3S. The number of carbonyl (C=O) groups is 1. The molecule has 0 bridgehead atoms. The van der Waals surface area contributed by atoms with E-state index in [-0.39, 0.29) is 35.4 Å². The lowest BCUT2D eigenvalue weighted by molar-refractivity contribution is -0.141. The summed E-state index contributed by atoms with van der Waals surface area (Å²) in [6, 6.07) is 3.66. The van der Waals surface area contributed by atoms with Gasteiger partial charge in [0.25, 0.3) is 0 Å². The van der Waals surface area contributed by atoms with Crippen molar-refractivity contribution >= 4 is 15.7 Å². The van der Waals surface area contributed by atoms with Gasteiger partial charge in [-0.25, -0.2) is 8.42 Å². The SMILES string of the molecule is O=C(C1CCCC1)N1CCN(Cc2ccncc2)[C@@H]2CS(=O)(=O)C[C@@H]21. The van der Waals surface area contributed by atoms with Crippen LogP contribution in [0.4, 0.5) is 0 Å². The molecule has 136 valence electrons. The maximum atomic E-state index is 12.9. The van der Waals surface area contributed by atoms with Crippen LogP contribution in [0.3, 0.4) is 0 Å². The number of piperazine rings is 1. The van der Waals surface area contributed by atoms with Crippen molar-refractivity contribution in [3.63, 3.8) is 0 Å². The number of fused-ring (bicyclic) bond motifs is 1. The molecule has 7 heteroatoms. The van der Waals surface area contributed by atoms with Crippen molar-refractivity contribution < 1.29 is 13.2 Å². The van der Waals surface area contributed by atoms with E-state index in [4.69, 9.17) is 0 Å². The van der Waals surface area contributed by atoms with Crippen molar-refractivity contribution in [2.75, 3.05) is 24.6 Å². The Morgan fingerprint density at radius 3 is 2.48 bits per heavy atom. The van der Waals surface area contributed by atoms with E-state index in [0.29, 0.717) is 13.1 Å². The Balaban J connectivity index is 1.54. The number of hydrogen-bond donors (Lipinski definition) is 0. The predicted molar refractivity (Wildman–Crippen MR) is 94.5 cm³/mol. The summed E-state index contributed by atoms with van der Waals surface area (Å²) >= 11 is 0. The van der Waals surface area contributed by atoms with Crippen LogP contribution in [0, 0.1) is 5.92 Å². The van der Waals surface area contributed by atoms with Crippen LogP contribution >= 0.6 is 0 Å². The molecule has 1 aliphatic carbocycles. The van der Waals surface area contributed by atoms with Crippen LogP contribution in [0.15, 0.2) is 24.5 Å². The molecule has 0 N–H and O–H groups in total. The van der Waals surface area contributed by atoms with Crippen LogP contribution in [-0.4, -0.2) is 65.8 Å². The smallest absolute Gasteiger partial charge is 0.226 e. The van der Waals surface area contributed by atoms with Crippen molar-refractivity contribution in [3.05, 3.63) is 30.1 Å². The van der Waals surface area contributed by atoms with Crippen molar-refractivity contribution in [1.29, 1.82) is 0 Å². The Morgan fingerprint density at radius 1 is 1.08 bits per heavy atom. The van der Waals surface area contributed by atoms with Gasteiger partial charge in [0.1, 0.15) is 0 Å². The molecule has 0 radical (unpaired) electrons. The zero-order valence-corrected chi connectivity index (χ0v) is 15.2. The van der Waals surface area contributed by atoms with E-state index in [1.807, 2.05) is 17.0 Å². The molecule has 3 fully saturated rings. The largest absolute Gasteiger partial charge is 0.336 e. The average Bonchev–Trinajstić information content (AvgIpc) is 3.22. The number of rotatable bonds is 3. The highest BCUT2D eigenvalue weighted by molar-refractivity contribution is 7.91. The molecule has 1 aromatic rings. The fraction of sp³-hybridized carbons (Fsp3) is 0.667. The third kappa shape index (κ3) is 3.44. The number of aromatic nitrogens is 1. The van der Waals surface area contributed by atoms with E-state index in [1.54, 1.807) is 12.4 Å². The maximum Gasteiger partial charge on any atom is 0.226 e. The summed E-state index contributed by atoms with van der Waals surface area (Å²) in [5.74, 6) is 0.573. The zero-order chi connectivity index (χ0) is 17.4. The summed E-state index contributed by atoms with van der Waals surface area (Å²) in [4.78, 5) is 21.1. The highest BCUT2D eigenvalue weighted by atomic mass is 32.2. The van der Waals surface area contributed by atoms with Gasteiger partial charge >= 0.3 is 0 Å². The first-order valence-electron chi connectivity index (χ1n) is 9.17. The van der Waals surface area contributed by atoms with Gasteiger partial charge in [0, 0.05) is 44.0 Å². The lowest BCUT2D eigenvalue weighted by Crippen LogP contribution is -2.61. The Bertz CT molecular complexity index is 731. The summed E-state index contributed by atoms with van der Waals surface area (Å²) in [5, 5.41) is 0. The van der Waals surface area contributed by atoms with Gasteiger partial charge in [0.2, 0.25) is 5.91 Å². The summed E-state index contributed by atoms with van der Waals surface area (Å²) in [6.45, 7) is 2.08. The zero-order valence-electron chi connectivity index (χ0n) is 14.4. The van der Waals surface area contributed by atoms with Crippen molar-refractivity contribution in [1.82, 2.24) is 14.8 Å². The van der Waals surface area contributed by atoms with Crippen LogP contribution in [0.5, 0.6) is 0 Å². The van der Waals surface area contributed by atoms with Crippen molar-refractivity contribution in [2.45, 2.75) is 44.3 Å². The summed E-state index contributed by atoms with van der Waals surface area (Å²) in [5.41, 5.74) is 1.13. The van der Waals surface area contributed by atoms with Gasteiger partial charge in [0.05, 0.1) is 17.5 Å². The predicted octanol–water partition coefficient (Wildman–Crippen LogP) is 1.08. The van der Waals surface area contributed by atoms with Crippen LogP contribution in [0.2, 0.25) is 0 Å². The molecule has 2 atom stereocenters. The minimum absolute atomic E-state index is 0.0859. The quantitative estimate of drug-likeness (QED) is 0.804. The topological polar surface area (TPSA) is 70.6 Å². The molecule has 0 unspecified atom stereocenters. The van der Waals surface area contributed by atoms with Gasteiger partial charge < -0.3 is 4.90 Å². The monoisotopic (exact) mass is 363 g/mol. The molecule has 1 amide bonds. The Hall–Kier alpha value is -1.47. The highest BCUT2D eigenvalue weighted by Crippen LogP contribution is 2.32. The van der Waals surface area contributed by atoms with Crippen molar-refractivity contribution in [3.8, 4) is 0 Å². The van der Waals surface area contributed by atoms with Crippen LogP contribution in [-0.2, 0) is 21.2 Å². The summed E-state index contributed by atoms with van der Waals surface area (Å²) < 4.78 is 24.6. The molecule has 3 aliphatic rings. The second-order valence-corrected chi connectivity index (χ2v) is 9.70. The van der Waals surface area contributed by atoms with Crippen LogP contribution < -0.4 is 0 Å². The number of carbonyl (C=O) groups excluding carboxylic acids is 1. The van der Waals surface area contributed by atoms with Gasteiger partial charge in [-0.15, -0.1) is 0 Å². The number of amides is 1. The van der Waals surface area contributed by atoms with E-state index in [1.165, 1.54) is 0 Å². The number of hydrogen-bond acceptors (Lipinski definition) is 5. The molecule has 6 nitrogen and oxygen atoms in total. The second kappa shape index (κ2) is 6.68. The van der Waals surface area contributed by atoms with Gasteiger partial charge in [-0.2, -0.15) is 0 Å². The van der Waals surface area contributed by atoms with Gasteiger partial charge in [-0.05, 0) is 30.5 Å². The lowest BCUT2D eigenvalue weighted by Gasteiger charge is -2.44. The van der Waals surface area contributed by atoms with E-state index in [2.05, 4.69) is 9.88 Å². The average molecular weight is 363 g/mol. The first-order valence-corrected chi connectivity index (χ1v) is 11.0. The Morgan fingerprint density at radius 2 is 1.76 bits per heavy atom. The first-order chi connectivity index (χ1) is 12.0. The second-order valence-electron chi connectivity index (χ2n) is 7.55. The Labute approximate surface area is 149 Å². The van der Waals surface area contributed by atoms with Crippen LogP contribution in [0.25, 0.3) is 0 Å². The van der Waals surface area contributed by atoms with Crippen molar-refractivity contribution in [2.24, 2.45) is 5.92 Å². The molecular weight excluding hydrogens is 338 g/mol. The molecule has 1 saturated carbocycles. The molecule has 2 aliphatic heterocycles. The fourth-order valence-corrected chi connectivity index (χ4v) is 6.64. The van der Waals surface area contributed by atoms with Crippen LogP contribution in [0.1, 0.15) is 31.2 Å². The standard InChI is InChI=1S/C18H25N3O3S/c22-18(15-3-1-2-4-15)21-10-9-20(11-14-5-7-19-8-6-14)16-12-25(23,24)13-17(16)21/h5-8,15-17H,1-4,9-13H2/t16-,17+/m1/s1. The number of pyridine rings is 1. The molecule has 25 heavy (non-hydrogen) atoms. The highest BCUT2D eigenvalue weighted by Gasteiger charge is 2.48. The van der Waals surface area contributed by atoms with Gasteiger partial charge in [0.15, 0.2) is 9.84 Å². The van der Waals surface area contributed by atoms with E-state index in [9.17, 15) is 13.2 Å². The molecule has 2 saturated heterocycles. The molecule has 3 heterocycles. The first kappa shape index (κ1) is 17.0. The maximum absolute atomic E-state index is 12.9. The third-order valence-corrected chi connectivity index (χ3v) is 7.61. The fourth-order valence-electron chi connectivity index (χ4n) is 4.62. The van der Waals surface area contributed by atoms with E-state index in [0.717, 1.165) is 37.8 Å². The van der Waals surface area contributed by atoms with Gasteiger partial charge in [-0.1, -0.05) is 12.8 Å². The third-order valence-electron chi connectivity index (χ3n) is 5.91.